The van der Waals surface area contributed by atoms with Crippen molar-refractivity contribution in [2.75, 3.05) is 13.2 Å². The number of carbonyl (C=O) groups excluding carboxylic acids is 3. The van der Waals surface area contributed by atoms with Gasteiger partial charge in [-0.2, -0.15) is 0 Å². The Balaban J connectivity index is 3.03. The Bertz CT molecular complexity index is 967. The van der Waals surface area contributed by atoms with Crippen molar-refractivity contribution in [3.8, 4) is 5.75 Å². The molecule has 14 heteroatoms. The zero-order valence-corrected chi connectivity index (χ0v) is 21.6. The summed E-state index contributed by atoms with van der Waals surface area (Å²) in [7, 11) is 0. The van der Waals surface area contributed by atoms with Crippen LogP contribution in [-0.4, -0.2) is 82.3 Å². The minimum absolute atomic E-state index is 0.0674. The van der Waals surface area contributed by atoms with Gasteiger partial charge in [-0.15, -0.1) is 0 Å². The highest BCUT2D eigenvalue weighted by atomic mass is 16.4. The van der Waals surface area contributed by atoms with E-state index < -0.39 is 60.4 Å². The number of aromatic hydroxyl groups is 1. The monoisotopic (exact) mass is 537 g/mol. The van der Waals surface area contributed by atoms with E-state index in [0.29, 0.717) is 18.4 Å². The van der Waals surface area contributed by atoms with Gasteiger partial charge < -0.3 is 48.5 Å². The van der Waals surface area contributed by atoms with E-state index in [2.05, 4.69) is 20.9 Å². The van der Waals surface area contributed by atoms with E-state index in [1.165, 1.54) is 12.1 Å². The fourth-order valence-corrected chi connectivity index (χ4v) is 3.43. The van der Waals surface area contributed by atoms with Crippen molar-refractivity contribution in [2.24, 2.45) is 28.1 Å². The van der Waals surface area contributed by atoms with Crippen LogP contribution in [0, 0.1) is 5.92 Å². The van der Waals surface area contributed by atoms with E-state index in [9.17, 15) is 29.4 Å². The van der Waals surface area contributed by atoms with Gasteiger partial charge >= 0.3 is 5.97 Å². The number of rotatable bonds is 16. The summed E-state index contributed by atoms with van der Waals surface area (Å²) in [6.45, 7) is 2.84. The predicted octanol–water partition coefficient (Wildman–Crippen LogP) is -2.11. The van der Waals surface area contributed by atoms with Crippen molar-refractivity contribution in [3.63, 3.8) is 0 Å². The molecule has 0 heterocycles. The number of hydrogen-bond acceptors (Lipinski definition) is 8. The highest BCUT2D eigenvalue weighted by molar-refractivity contribution is 5.94. The number of aliphatic hydroxyl groups is 1. The van der Waals surface area contributed by atoms with Crippen molar-refractivity contribution in [1.82, 2.24) is 16.0 Å². The Morgan fingerprint density at radius 3 is 2.11 bits per heavy atom. The molecule has 0 aliphatic heterocycles. The van der Waals surface area contributed by atoms with Crippen LogP contribution < -0.4 is 33.2 Å². The molecule has 0 spiro atoms. The average molecular weight is 538 g/mol. The number of aliphatic hydroxyl groups excluding tert-OH is 1. The lowest BCUT2D eigenvalue weighted by Gasteiger charge is -2.28. The van der Waals surface area contributed by atoms with Crippen LogP contribution in [0.4, 0.5) is 0 Å². The Labute approximate surface area is 221 Å². The maximum Gasteiger partial charge on any atom is 0.328 e. The number of aliphatic carboxylic acids is 1. The number of nitrogens with zero attached hydrogens (tertiary/aromatic N) is 1. The van der Waals surface area contributed by atoms with Gasteiger partial charge in [0.1, 0.15) is 23.9 Å². The fourth-order valence-electron chi connectivity index (χ4n) is 3.43. The third-order valence-electron chi connectivity index (χ3n) is 5.90. The quantitative estimate of drug-likeness (QED) is 0.0630. The first-order chi connectivity index (χ1) is 17.9. The molecule has 0 bridgehead atoms. The molecule has 0 radical (unpaired) electrons. The Morgan fingerprint density at radius 2 is 1.58 bits per heavy atom. The number of phenols is 1. The number of amides is 3. The molecule has 3 amide bonds. The lowest BCUT2D eigenvalue weighted by Crippen LogP contribution is -2.59. The predicted molar refractivity (Wildman–Crippen MR) is 140 cm³/mol. The zero-order chi connectivity index (χ0) is 28.8. The molecule has 0 fully saturated rings. The van der Waals surface area contributed by atoms with E-state index >= 15 is 0 Å². The summed E-state index contributed by atoms with van der Waals surface area (Å²) in [6.07, 6.45) is 1.04. The SMILES string of the molecule is CCC(C)C(NC(=O)C(CCCN=C(N)N)NC(=O)C(N)Cc1ccc(O)cc1)C(=O)NC(CO)C(=O)O. The minimum Gasteiger partial charge on any atom is -0.508 e. The first-order valence-corrected chi connectivity index (χ1v) is 12.2. The van der Waals surface area contributed by atoms with Crippen molar-refractivity contribution in [3.05, 3.63) is 29.8 Å². The number of phenolic OH excluding ortho intramolecular Hbond substituents is 1. The Morgan fingerprint density at radius 1 is 0.974 bits per heavy atom. The second-order valence-corrected chi connectivity index (χ2v) is 8.94. The second kappa shape index (κ2) is 16.0. The average Bonchev–Trinajstić information content (AvgIpc) is 2.87. The molecule has 38 heavy (non-hydrogen) atoms. The number of carboxylic acids is 1. The molecule has 0 saturated carbocycles. The molecule has 1 aromatic rings. The highest BCUT2D eigenvalue weighted by Gasteiger charge is 2.32. The number of carbonyl (C=O) groups is 4. The van der Waals surface area contributed by atoms with Crippen molar-refractivity contribution < 1.29 is 34.5 Å². The van der Waals surface area contributed by atoms with Crippen LogP contribution in [0.15, 0.2) is 29.3 Å². The molecule has 5 unspecified atom stereocenters. The number of guanidine groups is 1. The van der Waals surface area contributed by atoms with Crippen LogP contribution in [0.25, 0.3) is 0 Å². The summed E-state index contributed by atoms with van der Waals surface area (Å²) < 4.78 is 0. The van der Waals surface area contributed by atoms with E-state index in [1.807, 2.05) is 0 Å². The lowest BCUT2D eigenvalue weighted by molar-refractivity contribution is -0.143. The number of hydrogen-bond donors (Lipinski definition) is 9. The largest absolute Gasteiger partial charge is 0.508 e. The molecule has 0 aliphatic carbocycles. The van der Waals surface area contributed by atoms with Crippen LogP contribution in [-0.2, 0) is 25.6 Å². The smallest absolute Gasteiger partial charge is 0.328 e. The topological polar surface area (TPSA) is 255 Å². The van der Waals surface area contributed by atoms with E-state index in [4.69, 9.17) is 22.3 Å². The molecule has 14 nitrogen and oxygen atoms in total. The van der Waals surface area contributed by atoms with Crippen LogP contribution in [0.3, 0.4) is 0 Å². The molecule has 12 N–H and O–H groups in total. The van der Waals surface area contributed by atoms with Gasteiger partial charge in [0.05, 0.1) is 12.6 Å². The lowest BCUT2D eigenvalue weighted by atomic mass is 9.97. The van der Waals surface area contributed by atoms with Crippen molar-refractivity contribution in [1.29, 1.82) is 0 Å². The summed E-state index contributed by atoms with van der Waals surface area (Å²) in [5.74, 6) is -3.98. The first-order valence-electron chi connectivity index (χ1n) is 12.2. The number of nitrogens with two attached hydrogens (primary N) is 3. The van der Waals surface area contributed by atoms with Gasteiger partial charge in [0.15, 0.2) is 5.96 Å². The molecule has 212 valence electrons. The molecule has 1 rings (SSSR count). The van der Waals surface area contributed by atoms with Crippen LogP contribution >= 0.6 is 0 Å². The summed E-state index contributed by atoms with van der Waals surface area (Å²) in [6, 6.07) is 1.37. The van der Waals surface area contributed by atoms with Crippen molar-refractivity contribution >= 4 is 29.7 Å². The highest BCUT2D eigenvalue weighted by Crippen LogP contribution is 2.12. The van der Waals surface area contributed by atoms with Crippen LogP contribution in [0.1, 0.15) is 38.7 Å². The van der Waals surface area contributed by atoms with Gasteiger partial charge in [0.2, 0.25) is 17.7 Å². The fraction of sp³-hybridized carbons (Fsp3) is 0.542. The molecule has 5 atom stereocenters. The minimum atomic E-state index is -1.54. The Hall–Kier alpha value is -3.91. The van der Waals surface area contributed by atoms with E-state index in [0.717, 1.165) is 0 Å². The van der Waals surface area contributed by atoms with Gasteiger partial charge in [0.25, 0.3) is 0 Å². The normalized spacial score (nSPS) is 14.7. The first kappa shape index (κ1) is 32.1. The molecular weight excluding hydrogens is 498 g/mol. The van der Waals surface area contributed by atoms with Gasteiger partial charge in [0, 0.05) is 6.54 Å². The second-order valence-electron chi connectivity index (χ2n) is 8.94. The molecule has 1 aromatic carbocycles. The molecule has 0 saturated heterocycles. The third kappa shape index (κ3) is 11.0. The number of nitrogens with one attached hydrogen (secondary N) is 3. The maximum atomic E-state index is 13.2. The Kier molecular flexibility index (Phi) is 13.6. The number of benzene rings is 1. The molecule has 0 aliphatic rings. The number of carboxylic acid groups (broad SMARTS) is 1. The standard InChI is InChI=1S/C24H39N7O7/c1-3-13(2)19(22(36)30-18(12-32)23(37)38)31-21(35)17(5-4-10-28-24(26)27)29-20(34)16(25)11-14-6-8-15(33)9-7-14/h6-9,13,16-19,32-33H,3-5,10-12,25H2,1-2H3,(H,29,34)(H,30,36)(H,31,35)(H,37,38)(H4,26,27,28). The summed E-state index contributed by atoms with van der Waals surface area (Å²) in [4.78, 5) is 53.9. The van der Waals surface area contributed by atoms with Gasteiger partial charge in [-0.05, 0) is 42.9 Å². The van der Waals surface area contributed by atoms with E-state index in [1.54, 1.807) is 26.0 Å². The third-order valence-corrected chi connectivity index (χ3v) is 5.90. The van der Waals surface area contributed by atoms with E-state index in [-0.39, 0.29) is 31.1 Å². The van der Waals surface area contributed by atoms with Crippen LogP contribution in [0.2, 0.25) is 0 Å². The van der Waals surface area contributed by atoms with Gasteiger partial charge in [-0.1, -0.05) is 32.4 Å². The van der Waals surface area contributed by atoms with Crippen molar-refractivity contribution in [2.45, 2.75) is 63.7 Å². The maximum absolute atomic E-state index is 13.2. The summed E-state index contributed by atoms with van der Waals surface area (Å²) in [5.41, 5.74) is 17.4. The summed E-state index contributed by atoms with van der Waals surface area (Å²) >= 11 is 0. The zero-order valence-electron chi connectivity index (χ0n) is 21.6. The molecular formula is C24H39N7O7. The summed E-state index contributed by atoms with van der Waals surface area (Å²) in [5, 5.41) is 35.2. The molecule has 0 aromatic heterocycles. The van der Waals surface area contributed by atoms with Gasteiger partial charge in [-0.3, -0.25) is 19.4 Å². The van der Waals surface area contributed by atoms with Gasteiger partial charge in [-0.25, -0.2) is 4.79 Å². The van der Waals surface area contributed by atoms with Crippen LogP contribution in [0.5, 0.6) is 5.75 Å². The number of aliphatic imine (C=N–C) groups is 1.